The SMILES string of the molecule is CCc1cc(Nc2ccc3c(c2)CCCN3)nc(C)n1. The zero-order valence-electron chi connectivity index (χ0n) is 12.0. The summed E-state index contributed by atoms with van der Waals surface area (Å²) < 4.78 is 0. The van der Waals surface area contributed by atoms with Gasteiger partial charge >= 0.3 is 0 Å². The number of nitrogens with zero attached hydrogens (tertiary/aromatic N) is 2. The predicted octanol–water partition coefficient (Wildman–Crippen LogP) is 3.45. The Morgan fingerprint density at radius 1 is 1.25 bits per heavy atom. The standard InChI is InChI=1S/C16H20N4/c1-3-13-10-16(19-11(2)18-13)20-14-6-7-15-12(9-14)5-4-8-17-15/h6-7,9-10,17H,3-5,8H2,1-2H3,(H,18,19,20). The monoisotopic (exact) mass is 268 g/mol. The molecular weight excluding hydrogens is 248 g/mol. The predicted molar refractivity (Wildman–Crippen MR) is 82.7 cm³/mol. The Morgan fingerprint density at radius 3 is 3.00 bits per heavy atom. The van der Waals surface area contributed by atoms with Crippen LogP contribution in [0.15, 0.2) is 24.3 Å². The Bertz CT molecular complexity index is 622. The first-order chi connectivity index (χ1) is 9.74. The van der Waals surface area contributed by atoms with Crippen molar-refractivity contribution in [1.29, 1.82) is 0 Å². The van der Waals surface area contributed by atoms with Crippen LogP contribution in [0.1, 0.15) is 30.4 Å². The fourth-order valence-electron chi connectivity index (χ4n) is 2.58. The molecule has 2 aromatic rings. The number of aryl methyl sites for hydroxylation is 3. The second kappa shape index (κ2) is 5.49. The third kappa shape index (κ3) is 2.74. The van der Waals surface area contributed by atoms with E-state index < -0.39 is 0 Å². The molecule has 20 heavy (non-hydrogen) atoms. The molecule has 0 bridgehead atoms. The summed E-state index contributed by atoms with van der Waals surface area (Å²) in [7, 11) is 0. The molecule has 0 saturated heterocycles. The molecule has 1 aliphatic heterocycles. The minimum atomic E-state index is 0.812. The van der Waals surface area contributed by atoms with E-state index >= 15 is 0 Å². The van der Waals surface area contributed by atoms with Crippen LogP contribution in [0.2, 0.25) is 0 Å². The summed E-state index contributed by atoms with van der Waals surface area (Å²) in [5, 5.41) is 6.82. The van der Waals surface area contributed by atoms with Crippen molar-refractivity contribution in [2.75, 3.05) is 17.2 Å². The van der Waals surface area contributed by atoms with E-state index in [0.29, 0.717) is 0 Å². The van der Waals surface area contributed by atoms with E-state index in [4.69, 9.17) is 0 Å². The lowest BCUT2D eigenvalue weighted by Gasteiger charge is -2.19. The van der Waals surface area contributed by atoms with Crippen LogP contribution < -0.4 is 10.6 Å². The summed E-state index contributed by atoms with van der Waals surface area (Å²) in [5.41, 5.74) is 4.80. The van der Waals surface area contributed by atoms with Crippen LogP contribution in [0.4, 0.5) is 17.2 Å². The lowest BCUT2D eigenvalue weighted by atomic mass is 10.0. The second-order valence-corrected chi connectivity index (χ2v) is 5.17. The van der Waals surface area contributed by atoms with Crippen LogP contribution in [0.25, 0.3) is 0 Å². The van der Waals surface area contributed by atoms with E-state index in [-0.39, 0.29) is 0 Å². The second-order valence-electron chi connectivity index (χ2n) is 5.17. The van der Waals surface area contributed by atoms with Gasteiger partial charge in [-0.15, -0.1) is 0 Å². The number of nitrogens with one attached hydrogen (secondary N) is 2. The molecule has 1 aromatic carbocycles. The normalized spacial score (nSPS) is 13.5. The van der Waals surface area contributed by atoms with Gasteiger partial charge in [0.25, 0.3) is 0 Å². The highest BCUT2D eigenvalue weighted by Gasteiger charge is 2.09. The summed E-state index contributed by atoms with van der Waals surface area (Å²) in [5.74, 6) is 1.68. The van der Waals surface area contributed by atoms with Gasteiger partial charge in [0.2, 0.25) is 0 Å². The molecule has 3 rings (SSSR count). The van der Waals surface area contributed by atoms with Crippen molar-refractivity contribution in [3.05, 3.63) is 41.3 Å². The molecule has 0 saturated carbocycles. The van der Waals surface area contributed by atoms with E-state index in [2.05, 4.69) is 45.7 Å². The van der Waals surface area contributed by atoms with Gasteiger partial charge in [-0.05, 0) is 49.9 Å². The largest absolute Gasteiger partial charge is 0.385 e. The van der Waals surface area contributed by atoms with E-state index in [0.717, 1.165) is 42.4 Å². The van der Waals surface area contributed by atoms with Crippen LogP contribution in [0.3, 0.4) is 0 Å². The molecule has 0 unspecified atom stereocenters. The van der Waals surface area contributed by atoms with Crippen LogP contribution in [-0.4, -0.2) is 16.5 Å². The molecule has 2 N–H and O–H groups in total. The van der Waals surface area contributed by atoms with E-state index in [9.17, 15) is 0 Å². The molecular formula is C16H20N4. The first-order valence-corrected chi connectivity index (χ1v) is 7.23. The van der Waals surface area contributed by atoms with Crippen molar-refractivity contribution < 1.29 is 0 Å². The maximum absolute atomic E-state index is 4.45. The van der Waals surface area contributed by atoms with Crippen LogP contribution in [0.5, 0.6) is 0 Å². The number of fused-ring (bicyclic) bond motifs is 1. The third-order valence-corrected chi connectivity index (χ3v) is 3.57. The van der Waals surface area contributed by atoms with E-state index in [1.54, 1.807) is 0 Å². The van der Waals surface area contributed by atoms with Gasteiger partial charge in [0.15, 0.2) is 0 Å². The topological polar surface area (TPSA) is 49.8 Å². The number of anilines is 3. The van der Waals surface area contributed by atoms with E-state index in [1.165, 1.54) is 17.7 Å². The number of hydrogen-bond acceptors (Lipinski definition) is 4. The summed E-state index contributed by atoms with van der Waals surface area (Å²) in [6, 6.07) is 8.47. The van der Waals surface area contributed by atoms with Gasteiger partial charge in [-0.1, -0.05) is 6.92 Å². The fraction of sp³-hybridized carbons (Fsp3) is 0.375. The molecule has 4 nitrogen and oxygen atoms in total. The molecule has 1 aliphatic rings. The zero-order chi connectivity index (χ0) is 13.9. The Kier molecular flexibility index (Phi) is 3.54. The Morgan fingerprint density at radius 2 is 2.15 bits per heavy atom. The molecule has 0 spiro atoms. The van der Waals surface area contributed by atoms with Crippen molar-refractivity contribution in [2.24, 2.45) is 0 Å². The zero-order valence-corrected chi connectivity index (χ0v) is 12.0. The number of aromatic nitrogens is 2. The van der Waals surface area contributed by atoms with Gasteiger partial charge in [-0.25, -0.2) is 9.97 Å². The Labute approximate surface area is 119 Å². The minimum Gasteiger partial charge on any atom is -0.385 e. The first-order valence-electron chi connectivity index (χ1n) is 7.23. The quantitative estimate of drug-likeness (QED) is 0.895. The molecule has 0 aliphatic carbocycles. The lowest BCUT2D eigenvalue weighted by Crippen LogP contribution is -2.11. The highest BCUT2D eigenvalue weighted by molar-refractivity contribution is 5.64. The summed E-state index contributed by atoms with van der Waals surface area (Å²) in [4.78, 5) is 8.85. The molecule has 0 fully saturated rings. The van der Waals surface area contributed by atoms with Crippen molar-refractivity contribution in [3.8, 4) is 0 Å². The van der Waals surface area contributed by atoms with Crippen LogP contribution in [-0.2, 0) is 12.8 Å². The summed E-state index contributed by atoms with van der Waals surface area (Å²) in [6.07, 6.45) is 3.26. The average Bonchev–Trinajstić information content (AvgIpc) is 2.46. The van der Waals surface area contributed by atoms with Crippen LogP contribution >= 0.6 is 0 Å². The van der Waals surface area contributed by atoms with Gasteiger partial charge in [0, 0.05) is 29.7 Å². The molecule has 1 aromatic heterocycles. The number of rotatable bonds is 3. The third-order valence-electron chi connectivity index (χ3n) is 3.57. The molecule has 2 heterocycles. The Hall–Kier alpha value is -2.10. The first kappa shape index (κ1) is 12.9. The molecule has 104 valence electrons. The van der Waals surface area contributed by atoms with E-state index in [1.807, 2.05) is 13.0 Å². The highest BCUT2D eigenvalue weighted by atomic mass is 15.0. The molecule has 0 amide bonds. The van der Waals surface area contributed by atoms with Crippen molar-refractivity contribution >= 4 is 17.2 Å². The molecule has 0 atom stereocenters. The summed E-state index contributed by atoms with van der Waals surface area (Å²) in [6.45, 7) is 5.11. The van der Waals surface area contributed by atoms with Crippen molar-refractivity contribution in [3.63, 3.8) is 0 Å². The van der Waals surface area contributed by atoms with Gasteiger partial charge < -0.3 is 10.6 Å². The number of hydrogen-bond donors (Lipinski definition) is 2. The maximum atomic E-state index is 4.45. The molecule has 0 radical (unpaired) electrons. The Balaban J connectivity index is 1.85. The van der Waals surface area contributed by atoms with Gasteiger partial charge in [-0.3, -0.25) is 0 Å². The fourth-order valence-corrected chi connectivity index (χ4v) is 2.58. The lowest BCUT2D eigenvalue weighted by molar-refractivity contribution is 0.830. The van der Waals surface area contributed by atoms with Gasteiger partial charge in [0.05, 0.1) is 0 Å². The van der Waals surface area contributed by atoms with Crippen molar-refractivity contribution in [2.45, 2.75) is 33.1 Å². The number of benzene rings is 1. The van der Waals surface area contributed by atoms with Crippen molar-refractivity contribution in [1.82, 2.24) is 9.97 Å². The highest BCUT2D eigenvalue weighted by Crippen LogP contribution is 2.26. The minimum absolute atomic E-state index is 0.812. The van der Waals surface area contributed by atoms with Crippen LogP contribution in [0, 0.1) is 6.92 Å². The van der Waals surface area contributed by atoms with Gasteiger partial charge in [-0.2, -0.15) is 0 Å². The van der Waals surface area contributed by atoms with Gasteiger partial charge in [0.1, 0.15) is 11.6 Å². The summed E-state index contributed by atoms with van der Waals surface area (Å²) >= 11 is 0. The maximum Gasteiger partial charge on any atom is 0.134 e. The average molecular weight is 268 g/mol. The molecule has 4 heteroatoms. The smallest absolute Gasteiger partial charge is 0.134 e.